The Morgan fingerprint density at radius 2 is 1.68 bits per heavy atom. The third kappa shape index (κ3) is 2.10. The van der Waals surface area contributed by atoms with Gasteiger partial charge in [-0.3, -0.25) is 0 Å². The summed E-state index contributed by atoms with van der Waals surface area (Å²) in [6.45, 7) is 0. The lowest BCUT2D eigenvalue weighted by molar-refractivity contribution is 0.592. The summed E-state index contributed by atoms with van der Waals surface area (Å²) in [5.41, 5.74) is 5.05. The minimum atomic E-state index is -3.73. The summed E-state index contributed by atoms with van der Waals surface area (Å²) >= 11 is 0. The number of rotatable bonds is 3. The average molecular weight is 316 g/mol. The summed E-state index contributed by atoms with van der Waals surface area (Å²) in [4.78, 5) is 0.134. The molecule has 0 amide bonds. The number of hydrogen-bond acceptors (Lipinski definition) is 4. The molecule has 112 valence electrons. The van der Waals surface area contributed by atoms with Crippen molar-refractivity contribution >= 4 is 9.84 Å². The molecule has 0 aromatic heterocycles. The molecule has 0 heterocycles. The first-order valence-electron chi connectivity index (χ1n) is 6.66. The molecular formula is C16H13FN2O2S. The Kier molecular flexibility index (Phi) is 3.28. The highest BCUT2D eigenvalue weighted by atomic mass is 32.2. The van der Waals surface area contributed by atoms with E-state index in [-0.39, 0.29) is 4.90 Å². The molecule has 0 spiro atoms. The predicted molar refractivity (Wildman–Crippen MR) is 79.1 cm³/mol. The van der Waals surface area contributed by atoms with Gasteiger partial charge in [0.25, 0.3) is 0 Å². The van der Waals surface area contributed by atoms with Gasteiger partial charge in [0.1, 0.15) is 16.6 Å². The fraction of sp³-hybridized carbons (Fsp3) is 0.188. The Labute approximate surface area is 127 Å². The number of nitrogens with two attached hydrogens (primary N) is 1. The van der Waals surface area contributed by atoms with E-state index in [0.717, 1.165) is 0 Å². The Bertz CT molecular complexity index is 844. The molecular weight excluding hydrogens is 303 g/mol. The molecule has 0 aliphatic heterocycles. The van der Waals surface area contributed by atoms with Crippen LogP contribution in [0, 0.1) is 17.1 Å². The molecule has 3 atom stereocenters. The van der Waals surface area contributed by atoms with E-state index >= 15 is 0 Å². The van der Waals surface area contributed by atoms with Gasteiger partial charge in [-0.25, -0.2) is 12.8 Å². The SMILES string of the molecule is N#C[C@]1(N)[C@@H](c2ccc(F)cc2)[C@@H]1S(=O)(=O)c1ccccc1. The highest BCUT2D eigenvalue weighted by Crippen LogP contribution is 2.55. The van der Waals surface area contributed by atoms with Crippen molar-refractivity contribution in [3.8, 4) is 6.07 Å². The van der Waals surface area contributed by atoms with Crippen LogP contribution in [0.1, 0.15) is 11.5 Å². The van der Waals surface area contributed by atoms with Crippen molar-refractivity contribution in [2.45, 2.75) is 21.6 Å². The quantitative estimate of drug-likeness (QED) is 0.938. The van der Waals surface area contributed by atoms with Crippen molar-refractivity contribution in [2.75, 3.05) is 0 Å². The second-order valence-electron chi connectivity index (χ2n) is 5.35. The average Bonchev–Trinajstić information content (AvgIpc) is 3.17. The molecule has 1 fully saturated rings. The van der Waals surface area contributed by atoms with E-state index in [1.165, 1.54) is 36.4 Å². The monoisotopic (exact) mass is 316 g/mol. The summed E-state index contributed by atoms with van der Waals surface area (Å²) in [5, 5.41) is 8.29. The molecule has 1 aliphatic carbocycles. The zero-order chi connectivity index (χ0) is 16.0. The van der Waals surface area contributed by atoms with Crippen molar-refractivity contribution in [3.05, 3.63) is 66.0 Å². The number of benzene rings is 2. The smallest absolute Gasteiger partial charge is 0.184 e. The van der Waals surface area contributed by atoms with E-state index in [4.69, 9.17) is 5.73 Å². The molecule has 0 radical (unpaired) electrons. The number of nitriles is 1. The molecule has 1 aliphatic rings. The molecule has 22 heavy (non-hydrogen) atoms. The van der Waals surface area contributed by atoms with E-state index < -0.39 is 32.4 Å². The third-order valence-electron chi connectivity index (χ3n) is 4.01. The van der Waals surface area contributed by atoms with Crippen LogP contribution in [0.3, 0.4) is 0 Å². The molecule has 2 aromatic rings. The largest absolute Gasteiger partial charge is 0.312 e. The summed E-state index contributed by atoms with van der Waals surface area (Å²) in [6.07, 6.45) is 0. The predicted octanol–water partition coefficient (Wildman–Crippen LogP) is 1.99. The van der Waals surface area contributed by atoms with Gasteiger partial charge in [-0.2, -0.15) is 5.26 Å². The van der Waals surface area contributed by atoms with Crippen LogP contribution < -0.4 is 5.73 Å². The second-order valence-corrected chi connectivity index (χ2v) is 7.42. The normalized spacial score (nSPS) is 27.1. The fourth-order valence-corrected chi connectivity index (χ4v) is 5.03. The zero-order valence-electron chi connectivity index (χ0n) is 11.5. The van der Waals surface area contributed by atoms with Crippen LogP contribution in [0.25, 0.3) is 0 Å². The Balaban J connectivity index is 2.04. The molecule has 2 aromatic carbocycles. The van der Waals surface area contributed by atoms with Gasteiger partial charge in [0.2, 0.25) is 0 Å². The lowest BCUT2D eigenvalue weighted by Gasteiger charge is -2.04. The number of sulfone groups is 1. The summed E-state index contributed by atoms with van der Waals surface area (Å²) < 4.78 is 38.5. The molecule has 3 rings (SSSR count). The Hall–Kier alpha value is -2.23. The molecule has 6 heteroatoms. The second kappa shape index (κ2) is 4.90. The van der Waals surface area contributed by atoms with Crippen molar-refractivity contribution in [1.82, 2.24) is 0 Å². The lowest BCUT2D eigenvalue weighted by atomic mass is 10.1. The maximum atomic E-state index is 13.0. The minimum Gasteiger partial charge on any atom is -0.312 e. The van der Waals surface area contributed by atoms with Gasteiger partial charge >= 0.3 is 0 Å². The van der Waals surface area contributed by atoms with Gasteiger partial charge < -0.3 is 5.73 Å². The molecule has 1 saturated carbocycles. The third-order valence-corrected chi connectivity index (χ3v) is 6.27. The van der Waals surface area contributed by atoms with Crippen LogP contribution in [0.5, 0.6) is 0 Å². The van der Waals surface area contributed by atoms with Crippen LogP contribution in [0.2, 0.25) is 0 Å². The summed E-state index contributed by atoms with van der Waals surface area (Å²) in [6, 6.07) is 15.2. The van der Waals surface area contributed by atoms with Crippen LogP contribution in [-0.4, -0.2) is 19.2 Å². The van der Waals surface area contributed by atoms with Gasteiger partial charge in [0.05, 0.1) is 11.0 Å². The van der Waals surface area contributed by atoms with E-state index in [2.05, 4.69) is 0 Å². The van der Waals surface area contributed by atoms with Crippen LogP contribution in [0.4, 0.5) is 4.39 Å². The van der Waals surface area contributed by atoms with Crippen LogP contribution in [-0.2, 0) is 9.84 Å². The number of nitrogens with zero attached hydrogens (tertiary/aromatic N) is 1. The maximum absolute atomic E-state index is 13.0. The number of hydrogen-bond donors (Lipinski definition) is 1. The number of halogens is 1. The zero-order valence-corrected chi connectivity index (χ0v) is 12.3. The first-order chi connectivity index (χ1) is 10.4. The Morgan fingerprint density at radius 3 is 2.23 bits per heavy atom. The van der Waals surface area contributed by atoms with Crippen LogP contribution in [0.15, 0.2) is 59.5 Å². The first-order valence-corrected chi connectivity index (χ1v) is 8.20. The van der Waals surface area contributed by atoms with E-state index in [1.807, 2.05) is 6.07 Å². The molecule has 0 unspecified atom stereocenters. The molecule has 0 bridgehead atoms. The molecule has 2 N–H and O–H groups in total. The first kappa shape index (κ1) is 14.7. The van der Waals surface area contributed by atoms with E-state index in [0.29, 0.717) is 5.56 Å². The van der Waals surface area contributed by atoms with Gasteiger partial charge in [0.15, 0.2) is 9.84 Å². The van der Waals surface area contributed by atoms with E-state index in [9.17, 15) is 18.1 Å². The summed E-state index contributed by atoms with van der Waals surface area (Å²) in [7, 11) is -3.73. The standard InChI is InChI=1S/C16H13FN2O2S/c17-12-8-6-11(7-9-12)14-15(16(14,19)10-18)22(20,21)13-4-2-1-3-5-13/h1-9,14-15H,19H2/t14-,15-,16-/m0/s1. The van der Waals surface area contributed by atoms with Crippen molar-refractivity contribution in [2.24, 2.45) is 5.73 Å². The van der Waals surface area contributed by atoms with Gasteiger partial charge in [-0.1, -0.05) is 30.3 Å². The van der Waals surface area contributed by atoms with Crippen molar-refractivity contribution in [1.29, 1.82) is 5.26 Å². The highest BCUT2D eigenvalue weighted by molar-refractivity contribution is 7.92. The van der Waals surface area contributed by atoms with Gasteiger partial charge in [-0.05, 0) is 29.8 Å². The maximum Gasteiger partial charge on any atom is 0.184 e. The van der Waals surface area contributed by atoms with Crippen LogP contribution >= 0.6 is 0 Å². The van der Waals surface area contributed by atoms with Crippen molar-refractivity contribution < 1.29 is 12.8 Å². The van der Waals surface area contributed by atoms with Crippen molar-refractivity contribution in [3.63, 3.8) is 0 Å². The topological polar surface area (TPSA) is 83.9 Å². The van der Waals surface area contributed by atoms with Gasteiger partial charge in [0, 0.05) is 5.92 Å². The molecule has 4 nitrogen and oxygen atoms in total. The fourth-order valence-electron chi connectivity index (χ4n) is 2.82. The highest BCUT2D eigenvalue weighted by Gasteiger charge is 2.70. The summed E-state index contributed by atoms with van der Waals surface area (Å²) in [5.74, 6) is -1.09. The molecule has 0 saturated heterocycles. The van der Waals surface area contributed by atoms with E-state index in [1.54, 1.807) is 18.2 Å². The Morgan fingerprint density at radius 1 is 1.09 bits per heavy atom. The van der Waals surface area contributed by atoms with Gasteiger partial charge in [-0.15, -0.1) is 0 Å². The lowest BCUT2D eigenvalue weighted by Crippen LogP contribution is -2.29. The minimum absolute atomic E-state index is 0.134.